The molecule has 0 N–H and O–H groups in total. The number of hydrogen-bond acceptors (Lipinski definition) is 4. The molecular weight excluding hydrogens is 330 g/mol. The Morgan fingerprint density at radius 3 is 2.31 bits per heavy atom. The topological polar surface area (TPSA) is 55.8 Å². The molecule has 1 aromatic rings. The Hall–Kier alpha value is -2.04. The lowest BCUT2D eigenvalue weighted by Crippen LogP contribution is -2.49. The molecule has 2 fully saturated rings. The second-order valence-corrected chi connectivity index (χ2v) is 8.23. The van der Waals surface area contributed by atoms with Crippen molar-refractivity contribution in [2.24, 2.45) is 5.92 Å². The number of Topliss-reactive ketones (excluding diaryl/α,β-unsaturated/α-hetero) is 1. The summed E-state index contributed by atoms with van der Waals surface area (Å²) in [5.41, 5.74) is 0.157. The predicted molar refractivity (Wildman–Crippen MR) is 99.5 cm³/mol. The van der Waals surface area contributed by atoms with E-state index in [4.69, 9.17) is 9.47 Å². The SMILES string of the molecule is CCOc1ccccc1C(=O)C1CC2CCC(C1)N2C(=O)OC(C)(C)C. The van der Waals surface area contributed by atoms with Gasteiger partial charge >= 0.3 is 6.09 Å². The fraction of sp³-hybridized carbons (Fsp3) is 0.619. The number of carbonyl (C=O) groups is 2. The van der Waals surface area contributed by atoms with Crippen LogP contribution in [-0.4, -0.2) is 41.1 Å². The molecule has 2 heterocycles. The van der Waals surface area contributed by atoms with E-state index in [1.807, 2.05) is 56.9 Å². The first kappa shape index (κ1) is 18.7. The summed E-state index contributed by atoms with van der Waals surface area (Å²) in [6, 6.07) is 7.64. The number of hydrogen-bond donors (Lipinski definition) is 0. The van der Waals surface area contributed by atoms with Crippen molar-refractivity contribution in [3.63, 3.8) is 0 Å². The van der Waals surface area contributed by atoms with Crippen LogP contribution in [0.2, 0.25) is 0 Å². The third-order valence-corrected chi connectivity index (χ3v) is 5.16. The van der Waals surface area contributed by atoms with E-state index in [1.54, 1.807) is 0 Å². The van der Waals surface area contributed by atoms with E-state index >= 15 is 0 Å². The van der Waals surface area contributed by atoms with Crippen LogP contribution in [0.1, 0.15) is 63.7 Å². The Kier molecular flexibility index (Phi) is 5.26. The molecule has 2 aliphatic rings. The largest absolute Gasteiger partial charge is 0.493 e. The fourth-order valence-corrected chi connectivity index (χ4v) is 4.18. The van der Waals surface area contributed by atoms with Crippen LogP contribution in [0.25, 0.3) is 0 Å². The second kappa shape index (κ2) is 7.29. The van der Waals surface area contributed by atoms with E-state index in [2.05, 4.69) is 0 Å². The van der Waals surface area contributed by atoms with Gasteiger partial charge in [-0.3, -0.25) is 4.79 Å². The number of carbonyl (C=O) groups excluding carboxylic acids is 2. The highest BCUT2D eigenvalue weighted by atomic mass is 16.6. The highest BCUT2D eigenvalue weighted by molar-refractivity contribution is 6.00. The summed E-state index contributed by atoms with van der Waals surface area (Å²) >= 11 is 0. The predicted octanol–water partition coefficient (Wildman–Crippen LogP) is 4.45. The number of benzene rings is 1. The molecule has 0 radical (unpaired) electrons. The molecule has 3 rings (SSSR count). The van der Waals surface area contributed by atoms with Crippen molar-refractivity contribution in [2.75, 3.05) is 6.61 Å². The Morgan fingerprint density at radius 1 is 1.12 bits per heavy atom. The van der Waals surface area contributed by atoms with Crippen LogP contribution in [-0.2, 0) is 4.74 Å². The van der Waals surface area contributed by atoms with Crippen molar-refractivity contribution in [1.29, 1.82) is 0 Å². The Bertz CT molecular complexity index is 665. The minimum absolute atomic E-state index is 0.0622. The zero-order chi connectivity index (χ0) is 18.9. The second-order valence-electron chi connectivity index (χ2n) is 8.23. The van der Waals surface area contributed by atoms with Gasteiger partial charge in [-0.05, 0) is 65.5 Å². The van der Waals surface area contributed by atoms with Crippen LogP contribution >= 0.6 is 0 Å². The van der Waals surface area contributed by atoms with Gasteiger partial charge in [0.25, 0.3) is 0 Å². The van der Waals surface area contributed by atoms with Crippen molar-refractivity contribution < 1.29 is 19.1 Å². The van der Waals surface area contributed by atoms with Crippen molar-refractivity contribution >= 4 is 11.9 Å². The summed E-state index contributed by atoms with van der Waals surface area (Å²) in [5, 5.41) is 0. The van der Waals surface area contributed by atoms with Gasteiger partial charge in [-0.25, -0.2) is 4.79 Å². The first-order valence-electron chi connectivity index (χ1n) is 9.57. The molecule has 2 aliphatic heterocycles. The third-order valence-electron chi connectivity index (χ3n) is 5.16. The minimum Gasteiger partial charge on any atom is -0.493 e. The number of para-hydroxylation sites is 1. The Labute approximate surface area is 155 Å². The van der Waals surface area contributed by atoms with E-state index in [-0.39, 0.29) is 29.9 Å². The lowest BCUT2D eigenvalue weighted by molar-refractivity contribution is 0.00251. The van der Waals surface area contributed by atoms with E-state index in [0.717, 1.165) is 12.8 Å². The van der Waals surface area contributed by atoms with Gasteiger partial charge in [0.05, 0.1) is 12.2 Å². The number of amides is 1. The van der Waals surface area contributed by atoms with Gasteiger partial charge in [0.1, 0.15) is 11.4 Å². The lowest BCUT2D eigenvalue weighted by Gasteiger charge is -2.39. The monoisotopic (exact) mass is 359 g/mol. The normalized spacial score (nSPS) is 25.1. The van der Waals surface area contributed by atoms with Crippen LogP contribution < -0.4 is 4.74 Å². The van der Waals surface area contributed by atoms with E-state index < -0.39 is 5.60 Å². The molecule has 1 aromatic carbocycles. The lowest BCUT2D eigenvalue weighted by atomic mass is 9.84. The van der Waals surface area contributed by atoms with Crippen molar-refractivity contribution in [3.05, 3.63) is 29.8 Å². The molecule has 5 nitrogen and oxygen atoms in total. The van der Waals surface area contributed by atoms with E-state index in [9.17, 15) is 9.59 Å². The molecule has 0 spiro atoms. The summed E-state index contributed by atoms with van der Waals surface area (Å²) in [5.74, 6) is 0.726. The molecule has 0 aliphatic carbocycles. The molecule has 0 saturated carbocycles. The molecule has 2 bridgehead atoms. The molecule has 142 valence electrons. The van der Waals surface area contributed by atoms with E-state index in [1.165, 1.54) is 0 Å². The zero-order valence-electron chi connectivity index (χ0n) is 16.2. The smallest absolute Gasteiger partial charge is 0.410 e. The molecular formula is C21H29NO4. The summed E-state index contributed by atoms with van der Waals surface area (Å²) in [6.07, 6.45) is 3.05. The molecule has 1 amide bonds. The van der Waals surface area contributed by atoms with Gasteiger partial charge in [0.2, 0.25) is 0 Å². The third kappa shape index (κ3) is 3.87. The minimum atomic E-state index is -0.500. The fourth-order valence-electron chi connectivity index (χ4n) is 4.18. The molecule has 26 heavy (non-hydrogen) atoms. The number of piperidine rings is 1. The summed E-state index contributed by atoms with van der Waals surface area (Å²) in [7, 11) is 0. The average molecular weight is 359 g/mol. The number of ketones is 1. The molecule has 2 unspecified atom stereocenters. The highest BCUT2D eigenvalue weighted by Crippen LogP contribution is 2.41. The zero-order valence-corrected chi connectivity index (χ0v) is 16.2. The van der Waals surface area contributed by atoms with Crippen LogP contribution in [0.4, 0.5) is 4.79 Å². The molecule has 5 heteroatoms. The quantitative estimate of drug-likeness (QED) is 0.746. The molecule has 0 aromatic heterocycles. The summed E-state index contributed by atoms with van der Waals surface area (Å²) in [6.45, 7) is 8.10. The number of rotatable bonds is 4. The Balaban J connectivity index is 1.73. The van der Waals surface area contributed by atoms with Gasteiger partial charge in [-0.2, -0.15) is 0 Å². The number of ether oxygens (including phenoxy) is 2. The molecule has 2 saturated heterocycles. The first-order chi connectivity index (χ1) is 12.3. The maximum atomic E-state index is 13.1. The van der Waals surface area contributed by atoms with Gasteiger partial charge in [-0.15, -0.1) is 0 Å². The van der Waals surface area contributed by atoms with Gasteiger partial charge in [-0.1, -0.05) is 12.1 Å². The van der Waals surface area contributed by atoms with Crippen LogP contribution in [0.5, 0.6) is 5.75 Å². The summed E-state index contributed by atoms with van der Waals surface area (Å²) in [4.78, 5) is 27.5. The van der Waals surface area contributed by atoms with Crippen molar-refractivity contribution in [3.8, 4) is 5.75 Å². The standard InChI is InChI=1S/C21H29NO4/c1-5-25-18-9-7-6-8-17(18)19(23)14-12-15-10-11-16(13-14)22(15)20(24)26-21(2,3)4/h6-9,14-16H,5,10-13H2,1-4H3. The highest BCUT2D eigenvalue weighted by Gasteiger charge is 2.46. The van der Waals surface area contributed by atoms with Crippen molar-refractivity contribution in [2.45, 2.75) is 71.1 Å². The van der Waals surface area contributed by atoms with Crippen LogP contribution in [0.3, 0.4) is 0 Å². The van der Waals surface area contributed by atoms with Crippen LogP contribution in [0.15, 0.2) is 24.3 Å². The Morgan fingerprint density at radius 2 is 1.73 bits per heavy atom. The van der Waals surface area contributed by atoms with E-state index in [0.29, 0.717) is 30.8 Å². The average Bonchev–Trinajstić information content (AvgIpc) is 2.84. The van der Waals surface area contributed by atoms with Crippen molar-refractivity contribution in [1.82, 2.24) is 4.90 Å². The number of nitrogens with zero attached hydrogens (tertiary/aromatic N) is 1. The summed E-state index contributed by atoms with van der Waals surface area (Å²) < 4.78 is 11.2. The maximum absolute atomic E-state index is 13.1. The number of fused-ring (bicyclic) bond motifs is 2. The van der Waals surface area contributed by atoms with Gasteiger partial charge < -0.3 is 14.4 Å². The molecule has 2 atom stereocenters. The van der Waals surface area contributed by atoms with Gasteiger partial charge in [0, 0.05) is 18.0 Å². The first-order valence-corrected chi connectivity index (χ1v) is 9.57. The van der Waals surface area contributed by atoms with Crippen LogP contribution in [0, 0.1) is 5.92 Å². The van der Waals surface area contributed by atoms with Gasteiger partial charge in [0.15, 0.2) is 5.78 Å². The maximum Gasteiger partial charge on any atom is 0.410 e.